The number of rotatable bonds is 9. The average molecular weight is 265 g/mol. The highest BCUT2D eigenvalue weighted by Gasteiger charge is 2.08. The molecule has 0 aromatic carbocycles. The highest BCUT2D eigenvalue weighted by Crippen LogP contribution is 2.07. The van der Waals surface area contributed by atoms with Crippen molar-refractivity contribution < 1.29 is 17.8 Å². The zero-order valence-electron chi connectivity index (χ0n) is 10.6. The molecule has 0 aliphatic heterocycles. The Morgan fingerprint density at radius 3 is 2.41 bits per heavy atom. The lowest BCUT2D eigenvalue weighted by molar-refractivity contribution is -0.120. The molecule has 0 aromatic heterocycles. The first-order valence-electron chi connectivity index (χ1n) is 6.03. The van der Waals surface area contributed by atoms with Crippen LogP contribution in [0.25, 0.3) is 0 Å². The minimum absolute atomic E-state index is 0.176. The summed E-state index contributed by atoms with van der Waals surface area (Å²) < 4.78 is 29.2. The molecule has 0 bridgehead atoms. The van der Waals surface area contributed by atoms with Crippen molar-refractivity contribution in [1.29, 1.82) is 0 Å². The van der Waals surface area contributed by atoms with E-state index in [1.807, 2.05) is 0 Å². The fourth-order valence-corrected chi connectivity index (χ4v) is 1.84. The summed E-state index contributed by atoms with van der Waals surface area (Å²) in [6.45, 7) is 4.93. The summed E-state index contributed by atoms with van der Waals surface area (Å²) in [4.78, 5) is 11.1. The molecular weight excluding hydrogens is 242 g/mol. The van der Waals surface area contributed by atoms with E-state index in [1.54, 1.807) is 0 Å². The Bertz CT molecular complexity index is 311. The second kappa shape index (κ2) is 8.47. The Balaban J connectivity index is 3.40. The van der Waals surface area contributed by atoms with Gasteiger partial charge in [0.25, 0.3) is 10.1 Å². The molecule has 0 fully saturated rings. The molecule has 1 amide bonds. The summed E-state index contributed by atoms with van der Waals surface area (Å²) in [5.41, 5.74) is 0. The van der Waals surface area contributed by atoms with E-state index in [0.717, 1.165) is 19.3 Å². The van der Waals surface area contributed by atoms with Crippen LogP contribution in [0, 0.1) is 5.92 Å². The molecule has 2 N–H and O–H groups in total. The molecule has 102 valence electrons. The van der Waals surface area contributed by atoms with Crippen molar-refractivity contribution in [1.82, 2.24) is 5.32 Å². The lowest BCUT2D eigenvalue weighted by atomic mass is 10.1. The summed E-state index contributed by atoms with van der Waals surface area (Å²) in [6.07, 6.45) is 4.14. The third-order valence-electron chi connectivity index (χ3n) is 2.37. The SMILES string of the molecule is CC(C)CCCCCNC(=O)CCS(=O)(=O)O. The number of unbranched alkanes of at least 4 members (excludes halogenated alkanes) is 2. The number of amides is 1. The van der Waals surface area contributed by atoms with Gasteiger partial charge in [0, 0.05) is 13.0 Å². The predicted octanol–water partition coefficient (Wildman–Crippen LogP) is 1.60. The van der Waals surface area contributed by atoms with Gasteiger partial charge in [0.2, 0.25) is 5.91 Å². The van der Waals surface area contributed by atoms with Crippen molar-refractivity contribution in [3.63, 3.8) is 0 Å². The summed E-state index contributed by atoms with van der Waals surface area (Å²) in [5.74, 6) is -0.127. The molecule has 0 aromatic rings. The zero-order valence-corrected chi connectivity index (χ0v) is 11.4. The van der Waals surface area contributed by atoms with Gasteiger partial charge >= 0.3 is 0 Å². The van der Waals surface area contributed by atoms with Crippen LogP contribution in [0.2, 0.25) is 0 Å². The third-order valence-corrected chi connectivity index (χ3v) is 3.09. The van der Waals surface area contributed by atoms with Crippen LogP contribution in [-0.2, 0) is 14.9 Å². The van der Waals surface area contributed by atoms with Crippen LogP contribution in [0.15, 0.2) is 0 Å². The van der Waals surface area contributed by atoms with E-state index >= 15 is 0 Å². The van der Waals surface area contributed by atoms with Crippen LogP contribution < -0.4 is 5.32 Å². The highest BCUT2D eigenvalue weighted by atomic mass is 32.2. The van der Waals surface area contributed by atoms with Crippen LogP contribution in [-0.4, -0.2) is 31.2 Å². The van der Waals surface area contributed by atoms with E-state index in [2.05, 4.69) is 19.2 Å². The molecule has 17 heavy (non-hydrogen) atoms. The molecular formula is C11H23NO4S. The summed E-state index contributed by atoms with van der Waals surface area (Å²) in [5, 5.41) is 2.63. The maximum atomic E-state index is 11.1. The van der Waals surface area contributed by atoms with Crippen molar-refractivity contribution in [2.45, 2.75) is 46.0 Å². The van der Waals surface area contributed by atoms with E-state index in [0.29, 0.717) is 12.5 Å². The number of hydrogen-bond donors (Lipinski definition) is 2. The van der Waals surface area contributed by atoms with Crippen LogP contribution in [0.5, 0.6) is 0 Å². The van der Waals surface area contributed by atoms with Crippen LogP contribution in [0.4, 0.5) is 0 Å². The summed E-state index contributed by atoms with van der Waals surface area (Å²) >= 11 is 0. The first kappa shape index (κ1) is 16.4. The van der Waals surface area contributed by atoms with Gasteiger partial charge in [-0.25, -0.2) is 0 Å². The topological polar surface area (TPSA) is 83.5 Å². The van der Waals surface area contributed by atoms with Gasteiger partial charge in [0.1, 0.15) is 0 Å². The first-order valence-corrected chi connectivity index (χ1v) is 7.64. The molecule has 0 aliphatic rings. The lowest BCUT2D eigenvalue weighted by Gasteiger charge is -2.06. The normalized spacial score (nSPS) is 11.8. The van der Waals surface area contributed by atoms with Crippen molar-refractivity contribution in [2.24, 2.45) is 5.92 Å². The van der Waals surface area contributed by atoms with Crippen molar-refractivity contribution in [3.05, 3.63) is 0 Å². The number of carbonyl (C=O) groups is 1. The minimum atomic E-state index is -4.03. The molecule has 0 unspecified atom stereocenters. The van der Waals surface area contributed by atoms with Crippen LogP contribution in [0.3, 0.4) is 0 Å². The summed E-state index contributed by atoms with van der Waals surface area (Å²) in [7, 11) is -4.03. The Hall–Kier alpha value is -0.620. The molecule has 0 aliphatic carbocycles. The first-order chi connectivity index (χ1) is 7.81. The van der Waals surface area contributed by atoms with Gasteiger partial charge in [-0.2, -0.15) is 8.42 Å². The van der Waals surface area contributed by atoms with Crippen LogP contribution in [0.1, 0.15) is 46.0 Å². The molecule has 0 radical (unpaired) electrons. The molecule has 0 rings (SSSR count). The van der Waals surface area contributed by atoms with Gasteiger partial charge < -0.3 is 5.32 Å². The lowest BCUT2D eigenvalue weighted by Crippen LogP contribution is -2.26. The van der Waals surface area contributed by atoms with E-state index in [9.17, 15) is 13.2 Å². The van der Waals surface area contributed by atoms with Gasteiger partial charge in [-0.05, 0) is 12.3 Å². The Morgan fingerprint density at radius 1 is 1.24 bits per heavy atom. The molecule has 0 saturated carbocycles. The number of nitrogens with one attached hydrogen (secondary N) is 1. The van der Waals surface area contributed by atoms with Gasteiger partial charge in [0.05, 0.1) is 5.75 Å². The number of hydrogen-bond acceptors (Lipinski definition) is 3. The fourth-order valence-electron chi connectivity index (χ4n) is 1.39. The smallest absolute Gasteiger partial charge is 0.265 e. The third kappa shape index (κ3) is 13.3. The predicted molar refractivity (Wildman–Crippen MR) is 67.3 cm³/mol. The quantitative estimate of drug-likeness (QED) is 0.490. The van der Waals surface area contributed by atoms with Crippen molar-refractivity contribution >= 4 is 16.0 Å². The molecule has 0 saturated heterocycles. The zero-order chi connectivity index (χ0) is 13.3. The Labute approximate surface area is 104 Å². The monoisotopic (exact) mass is 265 g/mol. The fraction of sp³-hybridized carbons (Fsp3) is 0.909. The minimum Gasteiger partial charge on any atom is -0.356 e. The largest absolute Gasteiger partial charge is 0.356 e. The second-order valence-electron chi connectivity index (χ2n) is 4.63. The molecule has 6 heteroatoms. The van der Waals surface area contributed by atoms with E-state index in [1.165, 1.54) is 6.42 Å². The molecule has 0 atom stereocenters. The van der Waals surface area contributed by atoms with E-state index < -0.39 is 15.9 Å². The van der Waals surface area contributed by atoms with Gasteiger partial charge in [-0.3, -0.25) is 9.35 Å². The maximum absolute atomic E-state index is 11.1. The standard InChI is InChI=1S/C11H23NO4S/c1-10(2)6-4-3-5-8-12-11(13)7-9-17(14,15)16/h10H,3-9H2,1-2H3,(H,12,13)(H,14,15,16). The average Bonchev–Trinajstić information content (AvgIpc) is 2.19. The second-order valence-corrected chi connectivity index (χ2v) is 6.20. The Kier molecular flexibility index (Phi) is 8.16. The van der Waals surface area contributed by atoms with Gasteiger partial charge in [-0.1, -0.05) is 33.1 Å². The van der Waals surface area contributed by atoms with E-state index in [-0.39, 0.29) is 12.3 Å². The Morgan fingerprint density at radius 2 is 1.88 bits per heavy atom. The number of carbonyl (C=O) groups excluding carboxylic acids is 1. The van der Waals surface area contributed by atoms with Gasteiger partial charge in [-0.15, -0.1) is 0 Å². The molecule has 0 spiro atoms. The maximum Gasteiger partial charge on any atom is 0.265 e. The van der Waals surface area contributed by atoms with Crippen molar-refractivity contribution in [3.8, 4) is 0 Å². The highest BCUT2D eigenvalue weighted by molar-refractivity contribution is 7.85. The van der Waals surface area contributed by atoms with Gasteiger partial charge in [0.15, 0.2) is 0 Å². The van der Waals surface area contributed by atoms with E-state index in [4.69, 9.17) is 4.55 Å². The van der Waals surface area contributed by atoms with Crippen molar-refractivity contribution in [2.75, 3.05) is 12.3 Å². The summed E-state index contributed by atoms with van der Waals surface area (Å²) in [6, 6.07) is 0. The van der Waals surface area contributed by atoms with Crippen LogP contribution >= 0.6 is 0 Å². The molecule has 0 heterocycles. The molecule has 5 nitrogen and oxygen atoms in total.